The van der Waals surface area contributed by atoms with Gasteiger partial charge in [0.2, 0.25) is 0 Å². The smallest absolute Gasteiger partial charge is 0.255 e. The Morgan fingerprint density at radius 3 is 2.48 bits per heavy atom. The second-order valence-corrected chi connectivity index (χ2v) is 6.58. The minimum atomic E-state index is -0.0228. The van der Waals surface area contributed by atoms with Crippen molar-refractivity contribution in [2.24, 2.45) is 0 Å². The summed E-state index contributed by atoms with van der Waals surface area (Å²) in [6.07, 6.45) is 5.03. The first kappa shape index (κ1) is 16.2. The van der Waals surface area contributed by atoms with Crippen molar-refractivity contribution in [3.63, 3.8) is 0 Å². The number of aromatic nitrogens is 2. The van der Waals surface area contributed by atoms with Crippen molar-refractivity contribution >= 4 is 0 Å². The number of hydrogen-bond acceptors (Lipinski definition) is 4. The molecule has 2 rings (SSSR count). The highest BCUT2D eigenvalue weighted by Crippen LogP contribution is 2.33. The molecule has 0 saturated heterocycles. The van der Waals surface area contributed by atoms with E-state index in [2.05, 4.69) is 34.3 Å². The molecule has 0 bridgehead atoms. The van der Waals surface area contributed by atoms with E-state index in [0.29, 0.717) is 5.82 Å². The van der Waals surface area contributed by atoms with Crippen LogP contribution >= 0.6 is 0 Å². The summed E-state index contributed by atoms with van der Waals surface area (Å²) in [7, 11) is 4.31. The van der Waals surface area contributed by atoms with E-state index < -0.39 is 0 Å². The molecule has 0 radical (unpaired) electrons. The van der Waals surface area contributed by atoms with E-state index in [9.17, 15) is 4.79 Å². The highest BCUT2D eigenvalue weighted by atomic mass is 16.1. The average molecular weight is 292 g/mol. The quantitative estimate of drug-likeness (QED) is 0.870. The lowest BCUT2D eigenvalue weighted by Crippen LogP contribution is -2.50. The van der Waals surface area contributed by atoms with Gasteiger partial charge < -0.3 is 15.2 Å². The number of hydrogen-bond donors (Lipinski definition) is 2. The number of nitrogens with zero attached hydrogens (tertiary/aromatic N) is 2. The summed E-state index contributed by atoms with van der Waals surface area (Å²) in [6, 6.07) is 0.0132. The third-order valence-corrected chi connectivity index (χ3v) is 4.92. The molecule has 1 aliphatic rings. The van der Waals surface area contributed by atoms with Crippen LogP contribution < -0.4 is 10.9 Å². The largest absolute Gasteiger partial charge is 0.310 e. The van der Waals surface area contributed by atoms with E-state index in [1.165, 1.54) is 25.7 Å². The third kappa shape index (κ3) is 3.35. The number of aryl methyl sites for hydroxylation is 2. The molecule has 21 heavy (non-hydrogen) atoms. The van der Waals surface area contributed by atoms with Crippen LogP contribution in [0, 0.1) is 13.8 Å². The van der Waals surface area contributed by atoms with E-state index in [1.54, 1.807) is 0 Å². The van der Waals surface area contributed by atoms with Crippen molar-refractivity contribution in [3.05, 3.63) is 27.4 Å². The minimum Gasteiger partial charge on any atom is -0.310 e. The van der Waals surface area contributed by atoms with Gasteiger partial charge in [-0.1, -0.05) is 12.8 Å². The van der Waals surface area contributed by atoms with Crippen LogP contribution in [0.4, 0.5) is 0 Å². The first-order valence-electron chi connectivity index (χ1n) is 7.84. The van der Waals surface area contributed by atoms with Gasteiger partial charge in [0.05, 0.1) is 5.56 Å². The summed E-state index contributed by atoms with van der Waals surface area (Å²) in [5.41, 5.74) is 1.78. The number of rotatable bonds is 5. The van der Waals surface area contributed by atoms with E-state index in [0.717, 1.165) is 17.8 Å². The second-order valence-electron chi connectivity index (χ2n) is 6.58. The van der Waals surface area contributed by atoms with Gasteiger partial charge >= 0.3 is 0 Å². The summed E-state index contributed by atoms with van der Waals surface area (Å²) >= 11 is 0. The van der Waals surface area contributed by atoms with Crippen LogP contribution in [0.1, 0.15) is 55.7 Å². The average Bonchev–Trinajstić information content (AvgIpc) is 2.85. The van der Waals surface area contributed by atoms with Gasteiger partial charge in [-0.15, -0.1) is 0 Å². The van der Waals surface area contributed by atoms with Gasteiger partial charge in [-0.05, 0) is 47.7 Å². The number of H-pyrrole nitrogens is 1. The van der Waals surface area contributed by atoms with Crippen molar-refractivity contribution in [1.29, 1.82) is 0 Å². The molecule has 5 heteroatoms. The maximum Gasteiger partial charge on any atom is 0.255 e. The zero-order valence-corrected chi connectivity index (χ0v) is 13.9. The van der Waals surface area contributed by atoms with Crippen molar-refractivity contribution in [2.45, 2.75) is 58.0 Å². The molecule has 0 spiro atoms. The van der Waals surface area contributed by atoms with Crippen LogP contribution in [0.2, 0.25) is 0 Å². The molecule has 0 aliphatic heterocycles. The summed E-state index contributed by atoms with van der Waals surface area (Å²) in [4.78, 5) is 21.7. The molecule has 0 aromatic carbocycles. The van der Waals surface area contributed by atoms with Crippen LogP contribution in [-0.2, 0) is 0 Å². The number of nitrogens with one attached hydrogen (secondary N) is 2. The molecule has 2 N–H and O–H groups in total. The van der Waals surface area contributed by atoms with Crippen LogP contribution in [0.5, 0.6) is 0 Å². The highest BCUT2D eigenvalue weighted by Gasteiger charge is 2.36. The third-order valence-electron chi connectivity index (χ3n) is 4.92. The van der Waals surface area contributed by atoms with Crippen LogP contribution in [0.25, 0.3) is 0 Å². The Morgan fingerprint density at radius 1 is 1.33 bits per heavy atom. The van der Waals surface area contributed by atoms with Crippen molar-refractivity contribution in [3.8, 4) is 0 Å². The lowest BCUT2D eigenvalue weighted by Gasteiger charge is -2.37. The molecular weight excluding hydrogens is 264 g/mol. The molecule has 1 fully saturated rings. The predicted octanol–water partition coefficient (Wildman–Crippen LogP) is 1.91. The fourth-order valence-corrected chi connectivity index (χ4v) is 3.51. The maximum atomic E-state index is 12.2. The Hall–Kier alpha value is -1.20. The molecule has 1 heterocycles. The summed E-state index contributed by atoms with van der Waals surface area (Å²) in [5.74, 6) is 0.675. The second kappa shape index (κ2) is 6.28. The zero-order chi connectivity index (χ0) is 15.6. The van der Waals surface area contributed by atoms with E-state index in [4.69, 9.17) is 0 Å². The maximum absolute atomic E-state index is 12.2. The predicted molar refractivity (Wildman–Crippen MR) is 85.6 cm³/mol. The van der Waals surface area contributed by atoms with E-state index in [-0.39, 0.29) is 17.1 Å². The minimum absolute atomic E-state index is 0.0132. The Morgan fingerprint density at radius 2 is 1.95 bits per heavy atom. The SMILES string of the molecule is Cc1nc(C)c(C(C)NCC2(N(C)C)CCCC2)c(=O)[nH]1. The topological polar surface area (TPSA) is 61.0 Å². The fourth-order valence-electron chi connectivity index (χ4n) is 3.51. The molecule has 5 nitrogen and oxygen atoms in total. The molecule has 0 amide bonds. The molecule has 1 aromatic heterocycles. The van der Waals surface area contributed by atoms with Crippen LogP contribution in [-0.4, -0.2) is 41.0 Å². The molecule has 1 aliphatic carbocycles. The molecule has 1 aromatic rings. The lowest BCUT2D eigenvalue weighted by molar-refractivity contribution is 0.150. The molecule has 1 unspecified atom stereocenters. The monoisotopic (exact) mass is 292 g/mol. The summed E-state index contributed by atoms with van der Waals surface area (Å²) < 4.78 is 0. The Balaban J connectivity index is 2.12. The zero-order valence-electron chi connectivity index (χ0n) is 13.9. The van der Waals surface area contributed by atoms with Gasteiger partial charge in [0.25, 0.3) is 5.56 Å². The first-order valence-corrected chi connectivity index (χ1v) is 7.84. The number of aromatic amines is 1. The van der Waals surface area contributed by atoms with Crippen LogP contribution in [0.15, 0.2) is 4.79 Å². The van der Waals surface area contributed by atoms with Crippen molar-refractivity contribution in [2.75, 3.05) is 20.6 Å². The van der Waals surface area contributed by atoms with Gasteiger partial charge in [-0.2, -0.15) is 0 Å². The standard InChI is InChI=1S/C16H28N4O/c1-11(14-12(2)18-13(3)19-15(14)21)17-10-16(20(4)5)8-6-7-9-16/h11,17H,6-10H2,1-5H3,(H,18,19,21). The molecule has 118 valence electrons. The van der Waals surface area contributed by atoms with Gasteiger partial charge in [-0.25, -0.2) is 4.98 Å². The molecule has 1 atom stereocenters. The molecular formula is C16H28N4O. The normalized spacial score (nSPS) is 19.1. The summed E-state index contributed by atoms with van der Waals surface area (Å²) in [6.45, 7) is 6.68. The highest BCUT2D eigenvalue weighted by molar-refractivity contribution is 5.20. The van der Waals surface area contributed by atoms with Crippen molar-refractivity contribution < 1.29 is 0 Å². The fraction of sp³-hybridized carbons (Fsp3) is 0.750. The van der Waals surface area contributed by atoms with Crippen LogP contribution in [0.3, 0.4) is 0 Å². The summed E-state index contributed by atoms with van der Waals surface area (Å²) in [5, 5.41) is 3.56. The van der Waals surface area contributed by atoms with Gasteiger partial charge in [0.15, 0.2) is 0 Å². The first-order chi connectivity index (χ1) is 9.85. The lowest BCUT2D eigenvalue weighted by atomic mass is 9.95. The van der Waals surface area contributed by atoms with Crippen molar-refractivity contribution in [1.82, 2.24) is 20.2 Å². The van der Waals surface area contributed by atoms with E-state index >= 15 is 0 Å². The number of likely N-dealkylation sites (N-methyl/N-ethyl adjacent to an activating group) is 1. The van der Waals surface area contributed by atoms with Gasteiger partial charge in [-0.3, -0.25) is 4.79 Å². The Labute approximate surface area is 127 Å². The molecule has 1 saturated carbocycles. The Bertz CT molecular complexity index is 544. The van der Waals surface area contributed by atoms with Gasteiger partial charge in [0.1, 0.15) is 5.82 Å². The van der Waals surface area contributed by atoms with Gasteiger partial charge in [0, 0.05) is 23.8 Å². The van der Waals surface area contributed by atoms with E-state index in [1.807, 2.05) is 20.8 Å². The Kier molecular flexibility index (Phi) is 4.84.